The molecule has 1 heteroatoms. The highest BCUT2D eigenvalue weighted by Gasteiger charge is 2.01. The molecule has 0 rings (SSSR count). The fourth-order valence-corrected chi connectivity index (χ4v) is 1.50. The minimum absolute atomic E-state index is 0.235. The van der Waals surface area contributed by atoms with E-state index in [1.807, 2.05) is 6.08 Å². The molecule has 0 saturated heterocycles. The Kier molecular flexibility index (Phi) is 9.06. The largest absolute Gasteiger partial charge is 0.389 e. The van der Waals surface area contributed by atoms with E-state index in [0.29, 0.717) is 5.92 Å². The van der Waals surface area contributed by atoms with Crippen molar-refractivity contribution in [2.45, 2.75) is 65.4 Å². The Hall–Kier alpha value is -0.300. The lowest BCUT2D eigenvalue weighted by atomic mass is 10.1. The van der Waals surface area contributed by atoms with Crippen LogP contribution in [-0.4, -0.2) is 11.2 Å². The average molecular weight is 198 g/mol. The van der Waals surface area contributed by atoms with Crippen LogP contribution in [0.2, 0.25) is 0 Å². The van der Waals surface area contributed by atoms with Gasteiger partial charge in [0.25, 0.3) is 0 Å². The van der Waals surface area contributed by atoms with Crippen molar-refractivity contribution in [2.24, 2.45) is 5.92 Å². The highest BCUT2D eigenvalue weighted by molar-refractivity contribution is 4.88. The van der Waals surface area contributed by atoms with Gasteiger partial charge in [-0.15, -0.1) is 0 Å². The molecule has 1 atom stereocenters. The van der Waals surface area contributed by atoms with Crippen LogP contribution < -0.4 is 0 Å². The molecule has 0 fully saturated rings. The van der Waals surface area contributed by atoms with Crippen molar-refractivity contribution in [3.05, 3.63) is 12.2 Å². The van der Waals surface area contributed by atoms with Gasteiger partial charge in [0.05, 0.1) is 6.10 Å². The maximum Gasteiger partial charge on any atom is 0.0723 e. The maximum atomic E-state index is 9.54. The summed E-state index contributed by atoms with van der Waals surface area (Å²) in [5.41, 5.74) is 0. The summed E-state index contributed by atoms with van der Waals surface area (Å²) in [5, 5.41) is 9.54. The molecule has 14 heavy (non-hydrogen) atoms. The molecular formula is C13H26O. The topological polar surface area (TPSA) is 20.2 Å². The Morgan fingerprint density at radius 2 is 1.86 bits per heavy atom. The normalized spacial score (nSPS) is 14.1. The third kappa shape index (κ3) is 9.79. The van der Waals surface area contributed by atoms with Crippen molar-refractivity contribution in [1.29, 1.82) is 0 Å². The van der Waals surface area contributed by atoms with Gasteiger partial charge in [-0.1, -0.05) is 52.2 Å². The number of unbranched alkanes of at least 4 members (excludes halogenated alkanes) is 4. The first kappa shape index (κ1) is 13.7. The molecule has 0 heterocycles. The summed E-state index contributed by atoms with van der Waals surface area (Å²) in [6, 6.07) is 0. The molecule has 1 N–H and O–H groups in total. The molecular weight excluding hydrogens is 172 g/mol. The van der Waals surface area contributed by atoms with Gasteiger partial charge in [-0.2, -0.15) is 0 Å². The number of allylic oxidation sites excluding steroid dienone is 1. The quantitative estimate of drug-likeness (QED) is 0.463. The molecule has 0 amide bonds. The molecule has 0 aliphatic heterocycles. The van der Waals surface area contributed by atoms with Gasteiger partial charge in [0.1, 0.15) is 0 Å². The number of hydrogen-bond donors (Lipinski definition) is 1. The molecule has 0 aromatic heterocycles. The number of aliphatic hydroxyl groups is 1. The molecule has 0 aliphatic rings. The van der Waals surface area contributed by atoms with Crippen molar-refractivity contribution in [1.82, 2.24) is 0 Å². The van der Waals surface area contributed by atoms with E-state index in [1.165, 1.54) is 25.7 Å². The van der Waals surface area contributed by atoms with Crippen LogP contribution in [0.3, 0.4) is 0 Å². The van der Waals surface area contributed by atoms with Gasteiger partial charge in [-0.25, -0.2) is 0 Å². The minimum atomic E-state index is -0.235. The zero-order valence-electron chi connectivity index (χ0n) is 10.00. The molecule has 0 aliphatic carbocycles. The molecule has 0 bridgehead atoms. The molecule has 0 aromatic rings. The van der Waals surface area contributed by atoms with Gasteiger partial charge in [0.2, 0.25) is 0 Å². The summed E-state index contributed by atoms with van der Waals surface area (Å²) in [5.74, 6) is 0.578. The smallest absolute Gasteiger partial charge is 0.0723 e. The first-order chi connectivity index (χ1) is 6.66. The first-order valence-corrected chi connectivity index (χ1v) is 6.01. The van der Waals surface area contributed by atoms with Crippen molar-refractivity contribution < 1.29 is 5.11 Å². The highest BCUT2D eigenvalue weighted by Crippen LogP contribution is 2.07. The summed E-state index contributed by atoms with van der Waals surface area (Å²) in [6.45, 7) is 6.50. The highest BCUT2D eigenvalue weighted by atomic mass is 16.3. The summed E-state index contributed by atoms with van der Waals surface area (Å²) >= 11 is 0. The van der Waals surface area contributed by atoms with Crippen LogP contribution in [-0.2, 0) is 0 Å². The fourth-order valence-electron chi connectivity index (χ4n) is 1.50. The fraction of sp³-hybridized carbons (Fsp3) is 0.846. The number of hydrogen-bond acceptors (Lipinski definition) is 1. The van der Waals surface area contributed by atoms with Gasteiger partial charge < -0.3 is 5.11 Å². The summed E-state index contributed by atoms with van der Waals surface area (Å²) < 4.78 is 0. The van der Waals surface area contributed by atoms with Crippen LogP contribution in [0.15, 0.2) is 12.2 Å². The van der Waals surface area contributed by atoms with Gasteiger partial charge >= 0.3 is 0 Å². The van der Waals surface area contributed by atoms with E-state index >= 15 is 0 Å². The van der Waals surface area contributed by atoms with E-state index in [4.69, 9.17) is 0 Å². The summed E-state index contributed by atoms with van der Waals surface area (Å²) in [6.07, 6.45) is 11.1. The lowest BCUT2D eigenvalue weighted by Crippen LogP contribution is -2.05. The van der Waals surface area contributed by atoms with E-state index in [-0.39, 0.29) is 6.10 Å². The van der Waals surface area contributed by atoms with Crippen LogP contribution in [0.5, 0.6) is 0 Å². The Morgan fingerprint density at radius 1 is 1.14 bits per heavy atom. The second-order valence-electron chi connectivity index (χ2n) is 4.47. The van der Waals surface area contributed by atoms with Crippen molar-refractivity contribution in [3.8, 4) is 0 Å². The standard InChI is InChI=1S/C13H26O/c1-4-5-6-7-8-9-10-13(14)11-12(2)3/h9-10,12-14H,4-8,11H2,1-3H3/b10-9-/t13-/m0/s1. The molecule has 1 nitrogen and oxygen atoms in total. The molecule has 0 aromatic carbocycles. The lowest BCUT2D eigenvalue weighted by Gasteiger charge is -2.07. The van der Waals surface area contributed by atoms with Crippen LogP contribution in [0.4, 0.5) is 0 Å². The third-order valence-corrected chi connectivity index (χ3v) is 2.30. The maximum absolute atomic E-state index is 9.54. The first-order valence-electron chi connectivity index (χ1n) is 6.01. The number of rotatable bonds is 8. The predicted molar refractivity (Wildman–Crippen MR) is 63.4 cm³/mol. The molecule has 0 radical (unpaired) electrons. The summed E-state index contributed by atoms with van der Waals surface area (Å²) in [7, 11) is 0. The van der Waals surface area contributed by atoms with Gasteiger partial charge in [0, 0.05) is 0 Å². The van der Waals surface area contributed by atoms with E-state index in [1.54, 1.807) is 0 Å². The molecule has 0 unspecified atom stereocenters. The van der Waals surface area contributed by atoms with Crippen LogP contribution in [0.25, 0.3) is 0 Å². The van der Waals surface area contributed by atoms with E-state index < -0.39 is 0 Å². The monoisotopic (exact) mass is 198 g/mol. The zero-order chi connectivity index (χ0) is 10.8. The third-order valence-electron chi connectivity index (χ3n) is 2.30. The average Bonchev–Trinajstić information content (AvgIpc) is 2.10. The van der Waals surface area contributed by atoms with Crippen LogP contribution in [0.1, 0.15) is 59.3 Å². The number of aliphatic hydroxyl groups excluding tert-OH is 1. The summed E-state index contributed by atoms with van der Waals surface area (Å²) in [4.78, 5) is 0. The van der Waals surface area contributed by atoms with E-state index in [0.717, 1.165) is 12.8 Å². The van der Waals surface area contributed by atoms with E-state index in [9.17, 15) is 5.11 Å². The van der Waals surface area contributed by atoms with Gasteiger partial charge in [-0.05, 0) is 25.2 Å². The Labute approximate surface area is 89.2 Å². The second-order valence-corrected chi connectivity index (χ2v) is 4.47. The zero-order valence-corrected chi connectivity index (χ0v) is 10.00. The Bertz CT molecular complexity index is 138. The second kappa shape index (κ2) is 9.26. The van der Waals surface area contributed by atoms with Gasteiger partial charge in [0.15, 0.2) is 0 Å². The molecule has 84 valence electrons. The van der Waals surface area contributed by atoms with Crippen LogP contribution >= 0.6 is 0 Å². The Balaban J connectivity index is 3.33. The van der Waals surface area contributed by atoms with Crippen molar-refractivity contribution in [3.63, 3.8) is 0 Å². The lowest BCUT2D eigenvalue weighted by molar-refractivity contribution is 0.194. The van der Waals surface area contributed by atoms with Gasteiger partial charge in [-0.3, -0.25) is 0 Å². The predicted octanol–water partition coefficient (Wildman–Crippen LogP) is 3.92. The SMILES string of the molecule is CCCCCC/C=C\[C@H](O)CC(C)C. The minimum Gasteiger partial charge on any atom is -0.389 e. The molecule has 0 spiro atoms. The van der Waals surface area contributed by atoms with E-state index in [2.05, 4.69) is 26.8 Å². The van der Waals surface area contributed by atoms with Crippen LogP contribution in [0, 0.1) is 5.92 Å². The molecule has 0 saturated carbocycles. The Morgan fingerprint density at radius 3 is 2.43 bits per heavy atom. The van der Waals surface area contributed by atoms with Crippen molar-refractivity contribution >= 4 is 0 Å². The van der Waals surface area contributed by atoms with Crippen molar-refractivity contribution in [2.75, 3.05) is 0 Å².